The number of nitrogens with two attached hydrogens (primary N) is 1. The van der Waals surface area contributed by atoms with Gasteiger partial charge in [0, 0.05) is 6.04 Å². The van der Waals surface area contributed by atoms with Crippen LogP contribution >= 0.6 is 0 Å². The first-order valence-corrected chi connectivity index (χ1v) is 5.23. The van der Waals surface area contributed by atoms with Crippen LogP contribution in [0.3, 0.4) is 0 Å². The van der Waals surface area contributed by atoms with E-state index in [0.29, 0.717) is 11.7 Å². The number of aryl methyl sites for hydroxylation is 1. The third-order valence-electron chi connectivity index (χ3n) is 3.26. The summed E-state index contributed by atoms with van der Waals surface area (Å²) in [7, 11) is 0. The summed E-state index contributed by atoms with van der Waals surface area (Å²) in [6, 6.07) is 5.83. The highest BCUT2D eigenvalue weighted by molar-refractivity contribution is 5.36. The molecule has 0 heterocycles. The first kappa shape index (κ1) is 9.53. The van der Waals surface area contributed by atoms with Crippen molar-refractivity contribution in [3.8, 4) is 5.75 Å². The number of phenols is 1. The molecule has 0 amide bonds. The largest absolute Gasteiger partial charge is 0.508 e. The van der Waals surface area contributed by atoms with Gasteiger partial charge in [-0.25, -0.2) is 0 Å². The minimum absolute atomic E-state index is 0.156. The summed E-state index contributed by atoms with van der Waals surface area (Å²) in [5, 5.41) is 9.39. The Bertz CT molecular complexity index is 331. The van der Waals surface area contributed by atoms with E-state index in [0.717, 1.165) is 11.1 Å². The lowest BCUT2D eigenvalue weighted by Gasteiger charge is -2.31. The van der Waals surface area contributed by atoms with E-state index in [1.165, 1.54) is 19.3 Å². The Labute approximate surface area is 84.7 Å². The van der Waals surface area contributed by atoms with Crippen LogP contribution in [0.5, 0.6) is 5.75 Å². The molecule has 0 unspecified atom stereocenters. The normalized spacial score (nSPS) is 19.0. The molecule has 0 aromatic heterocycles. The molecule has 1 aliphatic carbocycles. The average Bonchev–Trinajstić information content (AvgIpc) is 2.06. The highest BCUT2D eigenvalue weighted by Crippen LogP contribution is 2.36. The SMILES string of the molecule is Cc1cc([C@H](N)C2CCC2)ccc1O. The van der Waals surface area contributed by atoms with Gasteiger partial charge in [-0.05, 0) is 42.9 Å². The van der Waals surface area contributed by atoms with E-state index in [1.54, 1.807) is 6.07 Å². The Morgan fingerprint density at radius 1 is 1.43 bits per heavy atom. The van der Waals surface area contributed by atoms with Crippen molar-refractivity contribution in [3.63, 3.8) is 0 Å². The lowest BCUT2D eigenvalue weighted by atomic mass is 9.77. The molecule has 0 aliphatic heterocycles. The second kappa shape index (κ2) is 3.62. The molecule has 0 spiro atoms. The molecule has 2 heteroatoms. The van der Waals surface area contributed by atoms with E-state index < -0.39 is 0 Å². The molecular weight excluding hydrogens is 174 g/mol. The number of hydrogen-bond donors (Lipinski definition) is 2. The van der Waals surface area contributed by atoms with Crippen LogP contribution in [-0.4, -0.2) is 5.11 Å². The van der Waals surface area contributed by atoms with Crippen molar-refractivity contribution in [1.82, 2.24) is 0 Å². The zero-order chi connectivity index (χ0) is 10.1. The predicted molar refractivity (Wildman–Crippen MR) is 57.1 cm³/mol. The average molecular weight is 191 g/mol. The van der Waals surface area contributed by atoms with Crippen molar-refractivity contribution in [2.75, 3.05) is 0 Å². The third kappa shape index (κ3) is 1.62. The fraction of sp³-hybridized carbons (Fsp3) is 0.500. The molecule has 1 fully saturated rings. The van der Waals surface area contributed by atoms with E-state index in [9.17, 15) is 5.11 Å². The molecule has 76 valence electrons. The highest BCUT2D eigenvalue weighted by atomic mass is 16.3. The zero-order valence-corrected chi connectivity index (χ0v) is 8.53. The van der Waals surface area contributed by atoms with Crippen molar-refractivity contribution >= 4 is 0 Å². The second-order valence-corrected chi connectivity index (χ2v) is 4.26. The summed E-state index contributed by atoms with van der Waals surface area (Å²) in [6.45, 7) is 1.91. The van der Waals surface area contributed by atoms with Crippen molar-refractivity contribution in [3.05, 3.63) is 29.3 Å². The molecule has 14 heavy (non-hydrogen) atoms. The molecule has 1 atom stereocenters. The van der Waals surface area contributed by atoms with Gasteiger partial charge in [0.1, 0.15) is 5.75 Å². The van der Waals surface area contributed by atoms with Gasteiger partial charge in [0.15, 0.2) is 0 Å². The monoisotopic (exact) mass is 191 g/mol. The molecule has 1 aromatic carbocycles. The van der Waals surface area contributed by atoms with Gasteiger partial charge >= 0.3 is 0 Å². The van der Waals surface area contributed by atoms with Crippen molar-refractivity contribution < 1.29 is 5.11 Å². The summed E-state index contributed by atoms with van der Waals surface area (Å²) >= 11 is 0. The zero-order valence-electron chi connectivity index (χ0n) is 8.53. The van der Waals surface area contributed by atoms with Gasteiger partial charge in [-0.15, -0.1) is 0 Å². The van der Waals surface area contributed by atoms with E-state index >= 15 is 0 Å². The van der Waals surface area contributed by atoms with Crippen molar-refractivity contribution in [1.29, 1.82) is 0 Å². The lowest BCUT2D eigenvalue weighted by Crippen LogP contribution is -2.26. The molecule has 0 saturated heterocycles. The van der Waals surface area contributed by atoms with Crippen LogP contribution in [0.25, 0.3) is 0 Å². The highest BCUT2D eigenvalue weighted by Gasteiger charge is 2.25. The smallest absolute Gasteiger partial charge is 0.118 e. The number of phenolic OH excluding ortho intramolecular Hbond substituents is 1. The van der Waals surface area contributed by atoms with Crippen LogP contribution in [0.4, 0.5) is 0 Å². The van der Waals surface area contributed by atoms with E-state index in [1.807, 2.05) is 19.1 Å². The van der Waals surface area contributed by atoms with Crippen molar-refractivity contribution in [2.45, 2.75) is 32.2 Å². The Kier molecular flexibility index (Phi) is 2.46. The van der Waals surface area contributed by atoms with Crippen LogP contribution in [0.1, 0.15) is 36.4 Å². The van der Waals surface area contributed by atoms with Gasteiger partial charge < -0.3 is 10.8 Å². The molecule has 0 bridgehead atoms. The molecular formula is C12H17NO. The number of aromatic hydroxyl groups is 1. The standard InChI is InChI=1S/C12H17NO/c1-8-7-10(5-6-11(8)14)12(13)9-3-2-4-9/h5-7,9,12,14H,2-4,13H2,1H3/t12-/m1/s1. The Hall–Kier alpha value is -1.02. The number of rotatable bonds is 2. The Balaban J connectivity index is 2.18. The van der Waals surface area contributed by atoms with Gasteiger partial charge in [-0.1, -0.05) is 18.6 Å². The molecule has 3 N–H and O–H groups in total. The fourth-order valence-electron chi connectivity index (χ4n) is 1.96. The molecule has 1 aliphatic rings. The summed E-state index contributed by atoms with van der Waals surface area (Å²) in [4.78, 5) is 0. The summed E-state index contributed by atoms with van der Waals surface area (Å²) in [6.07, 6.45) is 3.82. The first-order chi connectivity index (χ1) is 6.68. The maximum atomic E-state index is 9.39. The van der Waals surface area contributed by atoms with Gasteiger partial charge in [0.25, 0.3) is 0 Å². The topological polar surface area (TPSA) is 46.2 Å². The van der Waals surface area contributed by atoms with Gasteiger partial charge in [0.05, 0.1) is 0 Å². The van der Waals surface area contributed by atoms with E-state index in [4.69, 9.17) is 5.73 Å². The molecule has 2 rings (SSSR count). The summed E-state index contributed by atoms with van der Waals surface area (Å²) < 4.78 is 0. The van der Waals surface area contributed by atoms with Gasteiger partial charge in [0.2, 0.25) is 0 Å². The summed E-state index contributed by atoms with van der Waals surface area (Å²) in [5.74, 6) is 1.01. The van der Waals surface area contributed by atoms with Crippen LogP contribution in [0.2, 0.25) is 0 Å². The second-order valence-electron chi connectivity index (χ2n) is 4.26. The maximum absolute atomic E-state index is 9.39. The molecule has 1 aromatic rings. The molecule has 1 saturated carbocycles. The Morgan fingerprint density at radius 3 is 2.64 bits per heavy atom. The van der Waals surface area contributed by atoms with E-state index in [2.05, 4.69) is 0 Å². The van der Waals surface area contributed by atoms with Crippen molar-refractivity contribution in [2.24, 2.45) is 11.7 Å². The Morgan fingerprint density at radius 2 is 2.14 bits per heavy atom. The maximum Gasteiger partial charge on any atom is 0.118 e. The number of benzene rings is 1. The number of hydrogen-bond acceptors (Lipinski definition) is 2. The summed E-state index contributed by atoms with van der Waals surface area (Å²) in [5.41, 5.74) is 8.21. The van der Waals surface area contributed by atoms with E-state index in [-0.39, 0.29) is 6.04 Å². The lowest BCUT2D eigenvalue weighted by molar-refractivity contribution is 0.264. The van der Waals surface area contributed by atoms with Gasteiger partial charge in [-0.2, -0.15) is 0 Å². The molecule has 0 radical (unpaired) electrons. The van der Waals surface area contributed by atoms with Crippen LogP contribution in [0, 0.1) is 12.8 Å². The third-order valence-corrected chi connectivity index (χ3v) is 3.26. The molecule has 2 nitrogen and oxygen atoms in total. The fourth-order valence-corrected chi connectivity index (χ4v) is 1.96. The quantitative estimate of drug-likeness (QED) is 0.754. The van der Waals surface area contributed by atoms with Crippen LogP contribution < -0.4 is 5.73 Å². The minimum Gasteiger partial charge on any atom is -0.508 e. The van der Waals surface area contributed by atoms with Crippen LogP contribution in [0.15, 0.2) is 18.2 Å². The first-order valence-electron chi connectivity index (χ1n) is 5.23. The minimum atomic E-state index is 0.156. The predicted octanol–water partition coefficient (Wildman–Crippen LogP) is 2.50. The van der Waals surface area contributed by atoms with Crippen LogP contribution in [-0.2, 0) is 0 Å². The van der Waals surface area contributed by atoms with Gasteiger partial charge in [-0.3, -0.25) is 0 Å².